The average Bonchev–Trinajstić information content (AvgIpc) is 3.02. The van der Waals surface area contributed by atoms with Crippen LogP contribution >= 0.6 is 0 Å². The number of aromatic nitrogens is 2. The summed E-state index contributed by atoms with van der Waals surface area (Å²) in [5, 5.41) is 9.05. The van der Waals surface area contributed by atoms with Crippen molar-refractivity contribution in [2.75, 3.05) is 42.3 Å². The Labute approximate surface area is 274 Å². The number of rotatable bonds is 10. The third-order valence-electron chi connectivity index (χ3n) is 6.92. The first-order valence-electron chi connectivity index (χ1n) is 14.8. The van der Waals surface area contributed by atoms with Crippen molar-refractivity contribution in [1.82, 2.24) is 19.0 Å². The fraction of sp³-hybridized carbons (Fsp3) is 0.281. The molecular formula is C32H37N7O6S2. The lowest BCUT2D eigenvalue weighted by Gasteiger charge is -2.26. The molecule has 13 nitrogen and oxygen atoms in total. The second-order valence-corrected chi connectivity index (χ2v) is 15.6. The van der Waals surface area contributed by atoms with Gasteiger partial charge in [-0.1, -0.05) is 12.1 Å². The van der Waals surface area contributed by atoms with Crippen molar-refractivity contribution in [2.45, 2.75) is 43.0 Å². The number of hydrogen-bond donors (Lipinski definition) is 4. The number of nitrogens with zero attached hydrogens (tertiary/aromatic N) is 3. The predicted molar refractivity (Wildman–Crippen MR) is 180 cm³/mol. The summed E-state index contributed by atoms with van der Waals surface area (Å²) in [6, 6.07) is 19.2. The minimum Gasteiger partial charge on any atom is -0.379 e. The number of benzene rings is 3. The van der Waals surface area contributed by atoms with Gasteiger partial charge in [0, 0.05) is 53.0 Å². The maximum Gasteiger partial charge on any atom is 0.255 e. The summed E-state index contributed by atoms with van der Waals surface area (Å²) in [6.07, 6.45) is 1.64. The van der Waals surface area contributed by atoms with Gasteiger partial charge in [0.1, 0.15) is 5.82 Å². The summed E-state index contributed by atoms with van der Waals surface area (Å²) >= 11 is 0. The molecule has 1 saturated heterocycles. The van der Waals surface area contributed by atoms with Crippen LogP contribution < -0.4 is 20.7 Å². The summed E-state index contributed by atoms with van der Waals surface area (Å²) in [7, 11) is -7.43. The number of carbonyl (C=O) groups is 1. The van der Waals surface area contributed by atoms with E-state index < -0.39 is 31.5 Å². The molecule has 3 aromatic carbocycles. The SMILES string of the molecule is Cc1cnc(Nc2ccc(C(=O)Nc3cccc(S(=O)(=O)NC(C)(C)C)c3)cc2)nc1Nc1cccc(S(=O)(=O)N2CCOCC2)c1. The fourth-order valence-electron chi connectivity index (χ4n) is 4.68. The molecule has 2 heterocycles. The highest BCUT2D eigenvalue weighted by Crippen LogP contribution is 2.25. The first kappa shape index (κ1) is 33.9. The van der Waals surface area contributed by atoms with Gasteiger partial charge in [-0.3, -0.25) is 4.79 Å². The van der Waals surface area contributed by atoms with Gasteiger partial charge >= 0.3 is 0 Å². The Balaban J connectivity index is 1.24. The number of carbonyl (C=O) groups excluding carboxylic acids is 1. The van der Waals surface area contributed by atoms with Gasteiger partial charge in [0.25, 0.3) is 5.91 Å². The van der Waals surface area contributed by atoms with Crippen LogP contribution in [0.1, 0.15) is 36.7 Å². The topological polar surface area (TPSA) is 172 Å². The fourth-order valence-corrected chi connectivity index (χ4v) is 7.59. The standard InChI is InChI=1S/C32H37N7O6S2/c1-22-21-33-31(37-29(22)34-25-7-6-10-28(20-25)47(43,44)39-15-17-45-18-16-39)36-24-13-11-23(12-14-24)30(40)35-26-8-5-9-27(19-26)46(41,42)38-32(2,3)4/h5-14,19-21,38H,15-18H2,1-4H3,(H,35,40)(H2,33,34,36,37). The molecule has 5 rings (SSSR count). The first-order chi connectivity index (χ1) is 22.2. The van der Waals surface area contributed by atoms with E-state index in [9.17, 15) is 21.6 Å². The van der Waals surface area contributed by atoms with E-state index in [1.807, 2.05) is 6.92 Å². The molecule has 4 N–H and O–H groups in total. The van der Waals surface area contributed by atoms with E-state index in [4.69, 9.17) is 4.74 Å². The van der Waals surface area contributed by atoms with E-state index in [0.717, 1.165) is 5.56 Å². The number of morpholine rings is 1. The van der Waals surface area contributed by atoms with Crippen LogP contribution in [0, 0.1) is 6.92 Å². The van der Waals surface area contributed by atoms with E-state index in [-0.39, 0.29) is 15.7 Å². The molecule has 1 aliphatic rings. The van der Waals surface area contributed by atoms with Gasteiger partial charge in [-0.05, 0) is 88.4 Å². The number of amides is 1. The Morgan fingerprint density at radius 2 is 1.47 bits per heavy atom. The lowest BCUT2D eigenvalue weighted by molar-refractivity contribution is 0.0730. The normalized spacial score (nSPS) is 14.4. The van der Waals surface area contributed by atoms with Gasteiger partial charge in [0.05, 0.1) is 23.0 Å². The number of nitrogens with one attached hydrogen (secondary N) is 4. The van der Waals surface area contributed by atoms with Crippen molar-refractivity contribution in [3.8, 4) is 0 Å². The van der Waals surface area contributed by atoms with Crippen LogP contribution in [0.2, 0.25) is 0 Å². The quantitative estimate of drug-likeness (QED) is 0.185. The highest BCUT2D eigenvalue weighted by atomic mass is 32.2. The Kier molecular flexibility index (Phi) is 9.93. The maximum atomic E-state index is 13.1. The largest absolute Gasteiger partial charge is 0.379 e. The van der Waals surface area contributed by atoms with E-state index in [0.29, 0.717) is 54.7 Å². The molecule has 0 radical (unpaired) electrons. The monoisotopic (exact) mass is 679 g/mol. The molecule has 0 saturated carbocycles. The summed E-state index contributed by atoms with van der Waals surface area (Å²) in [5.41, 5.74) is 1.96. The highest BCUT2D eigenvalue weighted by molar-refractivity contribution is 7.89. The third kappa shape index (κ3) is 8.69. The minimum atomic E-state index is -3.77. The molecule has 0 atom stereocenters. The van der Waals surface area contributed by atoms with E-state index >= 15 is 0 Å². The van der Waals surface area contributed by atoms with Gasteiger partial charge < -0.3 is 20.7 Å². The first-order valence-corrected chi connectivity index (χ1v) is 17.7. The second-order valence-electron chi connectivity index (χ2n) is 11.9. The molecular weight excluding hydrogens is 643 g/mol. The van der Waals surface area contributed by atoms with Crippen molar-refractivity contribution >= 4 is 54.8 Å². The maximum absolute atomic E-state index is 13.1. The van der Waals surface area contributed by atoms with Crippen LogP contribution in [0.25, 0.3) is 0 Å². The van der Waals surface area contributed by atoms with E-state index in [1.165, 1.54) is 16.4 Å². The number of aryl methyl sites for hydroxylation is 1. The smallest absolute Gasteiger partial charge is 0.255 e. The Morgan fingerprint density at radius 3 is 2.15 bits per heavy atom. The molecule has 47 heavy (non-hydrogen) atoms. The third-order valence-corrected chi connectivity index (χ3v) is 10.6. The number of sulfonamides is 2. The molecule has 0 aliphatic carbocycles. The van der Waals surface area contributed by atoms with E-state index in [1.54, 1.807) is 87.6 Å². The number of hydrogen-bond acceptors (Lipinski definition) is 10. The van der Waals surface area contributed by atoms with Gasteiger partial charge in [-0.15, -0.1) is 0 Å². The zero-order valence-corrected chi connectivity index (χ0v) is 28.1. The zero-order chi connectivity index (χ0) is 33.8. The molecule has 0 bridgehead atoms. The molecule has 1 aromatic heterocycles. The minimum absolute atomic E-state index is 0.0439. The van der Waals surface area contributed by atoms with Crippen molar-refractivity contribution in [3.63, 3.8) is 0 Å². The molecule has 1 fully saturated rings. The molecule has 1 amide bonds. The number of ether oxygens (including phenoxy) is 1. The van der Waals surface area contributed by atoms with Crippen molar-refractivity contribution in [1.29, 1.82) is 0 Å². The summed E-state index contributed by atoms with van der Waals surface area (Å²) < 4.78 is 61.0. The van der Waals surface area contributed by atoms with Crippen LogP contribution in [0.5, 0.6) is 0 Å². The van der Waals surface area contributed by atoms with Crippen molar-refractivity contribution in [2.24, 2.45) is 0 Å². The second kappa shape index (κ2) is 13.8. The van der Waals surface area contributed by atoms with Crippen LogP contribution in [-0.2, 0) is 24.8 Å². The molecule has 4 aromatic rings. The predicted octanol–water partition coefficient (Wildman–Crippen LogP) is 4.62. The Bertz CT molecular complexity index is 1970. The van der Waals surface area contributed by atoms with Gasteiger partial charge in [0.15, 0.2) is 0 Å². The summed E-state index contributed by atoms with van der Waals surface area (Å²) in [6.45, 7) is 8.42. The molecule has 0 spiro atoms. The van der Waals surface area contributed by atoms with Crippen molar-refractivity contribution < 1.29 is 26.4 Å². The average molecular weight is 680 g/mol. The van der Waals surface area contributed by atoms with Gasteiger partial charge in [0.2, 0.25) is 26.0 Å². The highest BCUT2D eigenvalue weighted by Gasteiger charge is 2.26. The Hall–Kier alpha value is -4.41. The molecule has 15 heteroatoms. The molecule has 248 valence electrons. The summed E-state index contributed by atoms with van der Waals surface area (Å²) in [5.74, 6) is 0.362. The van der Waals surface area contributed by atoms with Crippen LogP contribution in [0.3, 0.4) is 0 Å². The Morgan fingerprint density at radius 1 is 0.830 bits per heavy atom. The van der Waals surface area contributed by atoms with Gasteiger partial charge in [-0.25, -0.2) is 26.5 Å². The molecule has 0 unspecified atom stereocenters. The molecule has 1 aliphatic heterocycles. The zero-order valence-electron chi connectivity index (χ0n) is 26.4. The van der Waals surface area contributed by atoms with Gasteiger partial charge in [-0.2, -0.15) is 9.29 Å². The summed E-state index contributed by atoms with van der Waals surface area (Å²) in [4.78, 5) is 22.1. The lowest BCUT2D eigenvalue weighted by atomic mass is 10.1. The lowest BCUT2D eigenvalue weighted by Crippen LogP contribution is -2.40. The van der Waals surface area contributed by atoms with Crippen LogP contribution in [0.15, 0.2) is 88.8 Å². The van der Waals surface area contributed by atoms with Crippen LogP contribution in [0.4, 0.5) is 28.8 Å². The van der Waals surface area contributed by atoms with Crippen LogP contribution in [-0.4, -0.2) is 68.9 Å². The van der Waals surface area contributed by atoms with Crippen molar-refractivity contribution in [3.05, 3.63) is 90.1 Å². The van der Waals surface area contributed by atoms with E-state index in [2.05, 4.69) is 30.6 Å². The number of anilines is 5.